The van der Waals surface area contributed by atoms with Crippen molar-refractivity contribution in [3.63, 3.8) is 0 Å². The van der Waals surface area contributed by atoms with Gasteiger partial charge in [0.15, 0.2) is 11.5 Å². The third kappa shape index (κ3) is 3.89. The van der Waals surface area contributed by atoms with Gasteiger partial charge in [0.05, 0.1) is 6.61 Å². The SMILES string of the molecule is CCOc1ccccc1OCCNCC1(C(C)C)CC1. The molecule has 0 spiro atoms. The van der Waals surface area contributed by atoms with Crippen LogP contribution in [0, 0.1) is 11.3 Å². The minimum atomic E-state index is 0.559. The van der Waals surface area contributed by atoms with Gasteiger partial charge < -0.3 is 14.8 Å². The van der Waals surface area contributed by atoms with Gasteiger partial charge >= 0.3 is 0 Å². The summed E-state index contributed by atoms with van der Waals surface area (Å²) in [5, 5.41) is 3.53. The Kier molecular flexibility index (Phi) is 5.30. The molecule has 2 rings (SSSR count). The largest absolute Gasteiger partial charge is 0.490 e. The van der Waals surface area contributed by atoms with E-state index in [4.69, 9.17) is 9.47 Å². The van der Waals surface area contributed by atoms with Crippen molar-refractivity contribution in [2.75, 3.05) is 26.3 Å². The van der Waals surface area contributed by atoms with E-state index in [9.17, 15) is 0 Å². The zero-order valence-corrected chi connectivity index (χ0v) is 12.9. The molecule has 1 aliphatic carbocycles. The molecule has 1 aromatic carbocycles. The molecule has 1 saturated carbocycles. The highest BCUT2D eigenvalue weighted by Crippen LogP contribution is 2.51. The lowest BCUT2D eigenvalue weighted by molar-refractivity contribution is 0.266. The molecule has 3 heteroatoms. The first-order valence-corrected chi connectivity index (χ1v) is 7.73. The third-order valence-electron chi connectivity index (χ3n) is 4.28. The van der Waals surface area contributed by atoms with Crippen LogP contribution >= 0.6 is 0 Å². The molecular weight excluding hydrogens is 250 g/mol. The number of para-hydroxylation sites is 2. The molecule has 0 saturated heterocycles. The molecule has 1 aliphatic rings. The lowest BCUT2D eigenvalue weighted by Gasteiger charge is -2.20. The van der Waals surface area contributed by atoms with Gasteiger partial charge in [-0.2, -0.15) is 0 Å². The first-order chi connectivity index (χ1) is 9.68. The van der Waals surface area contributed by atoms with Crippen molar-refractivity contribution in [1.82, 2.24) is 5.32 Å². The van der Waals surface area contributed by atoms with Gasteiger partial charge in [0, 0.05) is 13.1 Å². The van der Waals surface area contributed by atoms with Crippen LogP contribution in [0.5, 0.6) is 11.5 Å². The van der Waals surface area contributed by atoms with Crippen LogP contribution in [0.15, 0.2) is 24.3 Å². The Balaban J connectivity index is 1.69. The lowest BCUT2D eigenvalue weighted by Crippen LogP contribution is -2.30. The molecule has 0 radical (unpaired) electrons. The van der Waals surface area contributed by atoms with E-state index in [1.165, 1.54) is 12.8 Å². The maximum absolute atomic E-state index is 5.80. The number of benzene rings is 1. The van der Waals surface area contributed by atoms with Gasteiger partial charge in [-0.1, -0.05) is 26.0 Å². The molecule has 0 unspecified atom stereocenters. The van der Waals surface area contributed by atoms with Crippen LogP contribution < -0.4 is 14.8 Å². The Labute approximate surface area is 122 Å². The molecule has 0 amide bonds. The number of hydrogen-bond donors (Lipinski definition) is 1. The number of rotatable bonds is 9. The first-order valence-electron chi connectivity index (χ1n) is 7.73. The molecule has 0 atom stereocenters. The fraction of sp³-hybridized carbons (Fsp3) is 0.647. The number of hydrogen-bond acceptors (Lipinski definition) is 3. The van der Waals surface area contributed by atoms with Crippen LogP contribution in [-0.2, 0) is 0 Å². The molecule has 1 aromatic rings. The second-order valence-corrected chi connectivity index (χ2v) is 5.92. The summed E-state index contributed by atoms with van der Waals surface area (Å²) < 4.78 is 11.3. The Morgan fingerprint density at radius 1 is 1.15 bits per heavy atom. The smallest absolute Gasteiger partial charge is 0.161 e. The second kappa shape index (κ2) is 6.98. The van der Waals surface area contributed by atoms with Gasteiger partial charge in [-0.3, -0.25) is 0 Å². The zero-order valence-electron chi connectivity index (χ0n) is 12.9. The van der Waals surface area contributed by atoms with Gasteiger partial charge in [0.2, 0.25) is 0 Å². The molecule has 0 aliphatic heterocycles. The van der Waals surface area contributed by atoms with E-state index in [-0.39, 0.29) is 0 Å². The summed E-state index contributed by atoms with van der Waals surface area (Å²) in [6.07, 6.45) is 2.73. The third-order valence-corrected chi connectivity index (χ3v) is 4.28. The highest BCUT2D eigenvalue weighted by Gasteiger charge is 2.44. The van der Waals surface area contributed by atoms with Crippen molar-refractivity contribution in [2.45, 2.75) is 33.6 Å². The summed E-state index contributed by atoms with van der Waals surface area (Å²) in [5.74, 6) is 2.44. The Bertz CT molecular complexity index is 413. The van der Waals surface area contributed by atoms with E-state index in [2.05, 4.69) is 19.2 Å². The molecule has 0 heterocycles. The van der Waals surface area contributed by atoms with Crippen molar-refractivity contribution in [1.29, 1.82) is 0 Å². The molecule has 1 fully saturated rings. The minimum Gasteiger partial charge on any atom is -0.490 e. The van der Waals surface area contributed by atoms with Crippen LogP contribution in [0.4, 0.5) is 0 Å². The fourth-order valence-electron chi connectivity index (χ4n) is 2.53. The number of nitrogens with one attached hydrogen (secondary N) is 1. The Morgan fingerprint density at radius 3 is 2.35 bits per heavy atom. The van der Waals surface area contributed by atoms with Crippen LogP contribution in [0.3, 0.4) is 0 Å². The highest BCUT2D eigenvalue weighted by atomic mass is 16.5. The predicted octanol–water partition coefficient (Wildman–Crippen LogP) is 3.49. The summed E-state index contributed by atoms with van der Waals surface area (Å²) in [6, 6.07) is 7.85. The van der Waals surface area contributed by atoms with Gasteiger partial charge in [0.25, 0.3) is 0 Å². The summed E-state index contributed by atoms with van der Waals surface area (Å²) in [4.78, 5) is 0. The standard InChI is InChI=1S/C17H27NO2/c1-4-19-15-7-5-6-8-16(15)20-12-11-18-13-17(9-10-17)14(2)3/h5-8,14,18H,4,9-13H2,1-3H3. The average Bonchev–Trinajstić information content (AvgIpc) is 3.22. The number of ether oxygens (including phenoxy) is 2. The van der Waals surface area contributed by atoms with Crippen molar-refractivity contribution in [3.8, 4) is 11.5 Å². The quantitative estimate of drug-likeness (QED) is 0.701. The molecule has 112 valence electrons. The van der Waals surface area contributed by atoms with Crippen LogP contribution in [-0.4, -0.2) is 26.3 Å². The van der Waals surface area contributed by atoms with E-state index < -0.39 is 0 Å². The molecule has 20 heavy (non-hydrogen) atoms. The van der Waals surface area contributed by atoms with E-state index >= 15 is 0 Å². The van der Waals surface area contributed by atoms with Gasteiger partial charge in [-0.25, -0.2) is 0 Å². The normalized spacial score (nSPS) is 16.2. The van der Waals surface area contributed by atoms with Crippen molar-refractivity contribution in [3.05, 3.63) is 24.3 Å². The molecule has 0 bridgehead atoms. The maximum atomic E-state index is 5.80. The van der Waals surface area contributed by atoms with Crippen LogP contribution in [0.2, 0.25) is 0 Å². The van der Waals surface area contributed by atoms with E-state index in [0.717, 1.165) is 30.5 Å². The van der Waals surface area contributed by atoms with E-state index in [1.54, 1.807) is 0 Å². The molecule has 3 nitrogen and oxygen atoms in total. The van der Waals surface area contributed by atoms with Crippen molar-refractivity contribution in [2.24, 2.45) is 11.3 Å². The second-order valence-electron chi connectivity index (χ2n) is 5.92. The van der Waals surface area contributed by atoms with E-state index in [1.807, 2.05) is 31.2 Å². The minimum absolute atomic E-state index is 0.559. The monoisotopic (exact) mass is 277 g/mol. The van der Waals surface area contributed by atoms with Gasteiger partial charge in [-0.05, 0) is 43.2 Å². The molecular formula is C17H27NO2. The highest BCUT2D eigenvalue weighted by molar-refractivity contribution is 5.39. The first kappa shape index (κ1) is 15.2. The fourth-order valence-corrected chi connectivity index (χ4v) is 2.53. The van der Waals surface area contributed by atoms with Gasteiger partial charge in [-0.15, -0.1) is 0 Å². The van der Waals surface area contributed by atoms with Gasteiger partial charge in [0.1, 0.15) is 6.61 Å². The molecule has 0 aromatic heterocycles. The average molecular weight is 277 g/mol. The maximum Gasteiger partial charge on any atom is 0.161 e. The molecule has 1 N–H and O–H groups in total. The summed E-state index contributed by atoms with van der Waals surface area (Å²) >= 11 is 0. The lowest BCUT2D eigenvalue weighted by atomic mass is 9.92. The summed E-state index contributed by atoms with van der Waals surface area (Å²) in [7, 11) is 0. The Morgan fingerprint density at radius 2 is 1.80 bits per heavy atom. The topological polar surface area (TPSA) is 30.5 Å². The zero-order chi connectivity index (χ0) is 14.4. The van der Waals surface area contributed by atoms with E-state index in [0.29, 0.717) is 18.6 Å². The van der Waals surface area contributed by atoms with Crippen LogP contribution in [0.1, 0.15) is 33.6 Å². The van der Waals surface area contributed by atoms with Crippen molar-refractivity contribution >= 4 is 0 Å². The van der Waals surface area contributed by atoms with Crippen molar-refractivity contribution < 1.29 is 9.47 Å². The summed E-state index contributed by atoms with van der Waals surface area (Å²) in [6.45, 7) is 9.97. The van der Waals surface area contributed by atoms with Crippen LogP contribution in [0.25, 0.3) is 0 Å². The summed E-state index contributed by atoms with van der Waals surface area (Å²) in [5.41, 5.74) is 0.559. The predicted molar refractivity (Wildman–Crippen MR) is 82.5 cm³/mol. The Hall–Kier alpha value is -1.22.